The highest BCUT2D eigenvalue weighted by Crippen LogP contribution is 2.21. The number of nitrogens with one attached hydrogen (secondary N) is 1. The minimum Gasteiger partial charge on any atom is -0.398 e. The Morgan fingerprint density at radius 3 is 2.70 bits per heavy atom. The van der Waals surface area contributed by atoms with Gasteiger partial charge in [-0.05, 0) is 23.8 Å². The van der Waals surface area contributed by atoms with Gasteiger partial charge in [0.15, 0.2) is 0 Å². The molecule has 0 atom stereocenters. The predicted octanol–water partition coefficient (Wildman–Crippen LogP) is 3.21. The number of anilines is 1. The summed E-state index contributed by atoms with van der Waals surface area (Å²) in [6.07, 6.45) is 0.950. The van der Waals surface area contributed by atoms with Crippen LogP contribution in [0.25, 0.3) is 10.2 Å². The number of nitrogens with zero attached hydrogens (tertiary/aromatic N) is 1. The molecule has 0 fully saturated rings. The average Bonchev–Trinajstić information content (AvgIpc) is 2.88. The molecule has 0 bridgehead atoms. The normalized spacial score (nSPS) is 11.0. The van der Waals surface area contributed by atoms with Crippen LogP contribution in [0.2, 0.25) is 0 Å². The average molecular weight is 283 g/mol. The SMILES string of the molecule is Nc1ccccc1CNCCc1nc2ccccc2s1. The topological polar surface area (TPSA) is 50.9 Å². The van der Waals surface area contributed by atoms with Crippen LogP contribution < -0.4 is 11.1 Å². The Balaban J connectivity index is 1.54. The summed E-state index contributed by atoms with van der Waals surface area (Å²) >= 11 is 1.77. The summed E-state index contributed by atoms with van der Waals surface area (Å²) in [5.74, 6) is 0. The molecule has 0 aliphatic heterocycles. The molecule has 3 N–H and O–H groups in total. The van der Waals surface area contributed by atoms with Gasteiger partial charge in [-0.15, -0.1) is 11.3 Å². The molecule has 4 heteroatoms. The van der Waals surface area contributed by atoms with Crippen molar-refractivity contribution in [2.75, 3.05) is 12.3 Å². The zero-order chi connectivity index (χ0) is 13.8. The molecular formula is C16H17N3S. The molecule has 3 rings (SSSR count). The second-order valence-corrected chi connectivity index (χ2v) is 5.82. The molecule has 102 valence electrons. The Hall–Kier alpha value is -1.91. The Bertz CT molecular complexity index is 673. The summed E-state index contributed by atoms with van der Waals surface area (Å²) in [4.78, 5) is 4.63. The maximum absolute atomic E-state index is 5.91. The Kier molecular flexibility index (Phi) is 3.95. The van der Waals surface area contributed by atoms with Gasteiger partial charge in [-0.25, -0.2) is 4.98 Å². The first-order chi connectivity index (χ1) is 9.83. The van der Waals surface area contributed by atoms with Crippen LogP contribution in [0.1, 0.15) is 10.6 Å². The molecule has 0 aliphatic carbocycles. The van der Waals surface area contributed by atoms with E-state index in [-0.39, 0.29) is 0 Å². The van der Waals surface area contributed by atoms with Crippen LogP contribution in [0, 0.1) is 0 Å². The first kappa shape index (κ1) is 13.1. The van der Waals surface area contributed by atoms with E-state index < -0.39 is 0 Å². The highest BCUT2D eigenvalue weighted by atomic mass is 32.1. The lowest BCUT2D eigenvalue weighted by Crippen LogP contribution is -2.17. The minimum atomic E-state index is 0.803. The van der Waals surface area contributed by atoms with Crippen molar-refractivity contribution < 1.29 is 0 Å². The molecule has 0 spiro atoms. The van der Waals surface area contributed by atoms with E-state index in [1.165, 1.54) is 9.71 Å². The lowest BCUT2D eigenvalue weighted by atomic mass is 10.2. The number of aromatic nitrogens is 1. The van der Waals surface area contributed by atoms with Gasteiger partial charge in [0.25, 0.3) is 0 Å². The van der Waals surface area contributed by atoms with E-state index in [0.29, 0.717) is 0 Å². The van der Waals surface area contributed by atoms with Crippen LogP contribution in [0.5, 0.6) is 0 Å². The number of nitrogen functional groups attached to an aromatic ring is 1. The van der Waals surface area contributed by atoms with Gasteiger partial charge in [-0.2, -0.15) is 0 Å². The zero-order valence-electron chi connectivity index (χ0n) is 11.2. The lowest BCUT2D eigenvalue weighted by Gasteiger charge is -2.06. The number of nitrogens with two attached hydrogens (primary N) is 1. The van der Waals surface area contributed by atoms with Gasteiger partial charge in [0, 0.05) is 25.2 Å². The number of hydrogen-bond acceptors (Lipinski definition) is 4. The van der Waals surface area contributed by atoms with Crippen LogP contribution in [-0.4, -0.2) is 11.5 Å². The van der Waals surface area contributed by atoms with E-state index in [2.05, 4.69) is 34.6 Å². The fraction of sp³-hybridized carbons (Fsp3) is 0.188. The van der Waals surface area contributed by atoms with Gasteiger partial charge in [0.1, 0.15) is 0 Å². The van der Waals surface area contributed by atoms with Crippen LogP contribution >= 0.6 is 11.3 Å². The van der Waals surface area contributed by atoms with Gasteiger partial charge in [0.2, 0.25) is 0 Å². The third-order valence-corrected chi connectivity index (χ3v) is 4.32. The molecule has 2 aromatic carbocycles. The van der Waals surface area contributed by atoms with Crippen LogP contribution in [0.4, 0.5) is 5.69 Å². The predicted molar refractivity (Wildman–Crippen MR) is 85.9 cm³/mol. The molecule has 20 heavy (non-hydrogen) atoms. The number of para-hydroxylation sites is 2. The Morgan fingerprint density at radius 2 is 1.85 bits per heavy atom. The van der Waals surface area contributed by atoms with Crippen LogP contribution in [-0.2, 0) is 13.0 Å². The molecule has 3 nitrogen and oxygen atoms in total. The smallest absolute Gasteiger partial charge is 0.0951 e. The summed E-state index contributed by atoms with van der Waals surface area (Å²) in [5, 5.41) is 4.60. The first-order valence-corrected chi connectivity index (χ1v) is 7.53. The summed E-state index contributed by atoms with van der Waals surface area (Å²) in [6.45, 7) is 1.71. The number of benzene rings is 2. The van der Waals surface area contributed by atoms with Gasteiger partial charge in [-0.3, -0.25) is 0 Å². The van der Waals surface area contributed by atoms with E-state index in [0.717, 1.165) is 36.3 Å². The van der Waals surface area contributed by atoms with E-state index in [1.807, 2.05) is 24.3 Å². The maximum atomic E-state index is 5.91. The highest BCUT2D eigenvalue weighted by Gasteiger charge is 2.03. The number of hydrogen-bond donors (Lipinski definition) is 2. The molecule has 0 unspecified atom stereocenters. The van der Waals surface area contributed by atoms with E-state index in [9.17, 15) is 0 Å². The van der Waals surface area contributed by atoms with Crippen LogP contribution in [0.15, 0.2) is 48.5 Å². The second kappa shape index (κ2) is 6.03. The van der Waals surface area contributed by atoms with Crippen molar-refractivity contribution in [2.24, 2.45) is 0 Å². The van der Waals surface area contributed by atoms with Gasteiger partial charge < -0.3 is 11.1 Å². The van der Waals surface area contributed by atoms with Crippen molar-refractivity contribution in [2.45, 2.75) is 13.0 Å². The van der Waals surface area contributed by atoms with Crippen molar-refractivity contribution in [3.63, 3.8) is 0 Å². The molecule has 1 heterocycles. The summed E-state index contributed by atoms with van der Waals surface area (Å²) in [6, 6.07) is 16.2. The number of fused-ring (bicyclic) bond motifs is 1. The molecule has 0 amide bonds. The molecule has 0 aliphatic rings. The molecule has 0 saturated heterocycles. The van der Waals surface area contributed by atoms with Crippen molar-refractivity contribution >= 4 is 27.2 Å². The molecular weight excluding hydrogens is 266 g/mol. The molecule has 0 saturated carbocycles. The maximum Gasteiger partial charge on any atom is 0.0951 e. The Morgan fingerprint density at radius 1 is 1.05 bits per heavy atom. The quantitative estimate of drug-likeness (QED) is 0.558. The minimum absolute atomic E-state index is 0.803. The highest BCUT2D eigenvalue weighted by molar-refractivity contribution is 7.18. The fourth-order valence-corrected chi connectivity index (χ4v) is 3.11. The van der Waals surface area contributed by atoms with Crippen molar-refractivity contribution in [1.82, 2.24) is 10.3 Å². The number of thiazole rings is 1. The van der Waals surface area contributed by atoms with Crippen molar-refractivity contribution in [3.05, 3.63) is 59.1 Å². The summed E-state index contributed by atoms with van der Waals surface area (Å²) < 4.78 is 1.26. The van der Waals surface area contributed by atoms with E-state index in [4.69, 9.17) is 5.73 Å². The van der Waals surface area contributed by atoms with Gasteiger partial charge >= 0.3 is 0 Å². The first-order valence-electron chi connectivity index (χ1n) is 6.71. The van der Waals surface area contributed by atoms with Gasteiger partial charge in [0.05, 0.1) is 15.2 Å². The number of rotatable bonds is 5. The molecule has 3 aromatic rings. The third kappa shape index (κ3) is 2.98. The monoisotopic (exact) mass is 283 g/mol. The molecule has 0 radical (unpaired) electrons. The van der Waals surface area contributed by atoms with E-state index >= 15 is 0 Å². The largest absolute Gasteiger partial charge is 0.398 e. The molecule has 1 aromatic heterocycles. The van der Waals surface area contributed by atoms with E-state index in [1.54, 1.807) is 11.3 Å². The van der Waals surface area contributed by atoms with Crippen molar-refractivity contribution in [1.29, 1.82) is 0 Å². The van der Waals surface area contributed by atoms with Crippen LogP contribution in [0.3, 0.4) is 0 Å². The van der Waals surface area contributed by atoms with Gasteiger partial charge in [-0.1, -0.05) is 30.3 Å². The summed E-state index contributed by atoms with van der Waals surface area (Å²) in [5.41, 5.74) is 9.01. The second-order valence-electron chi connectivity index (χ2n) is 4.70. The standard InChI is InChI=1S/C16H17N3S/c17-13-6-2-1-5-12(13)11-18-10-9-16-19-14-7-3-4-8-15(14)20-16/h1-8,18H,9-11,17H2. The van der Waals surface area contributed by atoms with Crippen molar-refractivity contribution in [3.8, 4) is 0 Å². The zero-order valence-corrected chi connectivity index (χ0v) is 12.0. The lowest BCUT2D eigenvalue weighted by molar-refractivity contribution is 0.687. The fourth-order valence-electron chi connectivity index (χ4n) is 2.14. The third-order valence-electron chi connectivity index (χ3n) is 3.22. The summed E-state index contributed by atoms with van der Waals surface area (Å²) in [7, 11) is 0. The Labute approximate surface area is 122 Å².